The van der Waals surface area contributed by atoms with Crippen LogP contribution in [-0.2, 0) is 13.7 Å². The van der Waals surface area contributed by atoms with Crippen LogP contribution in [0.2, 0.25) is 0 Å². The van der Waals surface area contributed by atoms with Crippen molar-refractivity contribution >= 4 is 11.8 Å². The standard InChI is InChI=1S/C18H18F2N4O2S/c1-11-7-8-12(2)15(9-11)26-10-13-14(24-18(25)23(3)21-22-24)5-4-6-16(13)27-17(19)20/h4-9,17H,10H2,1-3H3. The van der Waals surface area contributed by atoms with E-state index >= 15 is 0 Å². The van der Waals surface area contributed by atoms with E-state index in [-0.39, 0.29) is 6.61 Å². The first-order chi connectivity index (χ1) is 12.9. The fourth-order valence-corrected chi connectivity index (χ4v) is 3.24. The van der Waals surface area contributed by atoms with Gasteiger partial charge in [0.1, 0.15) is 12.4 Å². The van der Waals surface area contributed by atoms with E-state index < -0.39 is 11.4 Å². The largest absolute Gasteiger partial charge is 0.489 e. The SMILES string of the molecule is Cc1ccc(C)c(OCc2c(SC(F)F)cccc2-n2nnn(C)c2=O)c1. The maximum absolute atomic E-state index is 13.0. The second-order valence-electron chi connectivity index (χ2n) is 5.99. The molecular formula is C18H18F2N4O2S. The van der Waals surface area contributed by atoms with Crippen LogP contribution in [-0.4, -0.2) is 25.5 Å². The highest BCUT2D eigenvalue weighted by Gasteiger charge is 2.18. The van der Waals surface area contributed by atoms with Gasteiger partial charge in [-0.2, -0.15) is 18.1 Å². The van der Waals surface area contributed by atoms with Gasteiger partial charge in [0, 0.05) is 17.5 Å². The van der Waals surface area contributed by atoms with Crippen LogP contribution in [0.4, 0.5) is 8.78 Å². The fourth-order valence-electron chi connectivity index (χ4n) is 2.58. The average molecular weight is 392 g/mol. The lowest BCUT2D eigenvalue weighted by molar-refractivity contribution is 0.251. The van der Waals surface area contributed by atoms with Crippen LogP contribution < -0.4 is 10.4 Å². The third-order valence-corrected chi connectivity index (χ3v) is 4.80. The number of halogens is 2. The van der Waals surface area contributed by atoms with Crippen LogP contribution in [0.1, 0.15) is 16.7 Å². The van der Waals surface area contributed by atoms with E-state index in [9.17, 15) is 13.6 Å². The van der Waals surface area contributed by atoms with Crippen LogP contribution in [0.25, 0.3) is 5.69 Å². The van der Waals surface area contributed by atoms with Gasteiger partial charge >= 0.3 is 5.69 Å². The van der Waals surface area contributed by atoms with Crippen LogP contribution in [0.3, 0.4) is 0 Å². The van der Waals surface area contributed by atoms with E-state index in [1.165, 1.54) is 7.05 Å². The molecule has 142 valence electrons. The summed E-state index contributed by atoms with van der Waals surface area (Å²) in [7, 11) is 1.47. The molecule has 1 aromatic heterocycles. The molecule has 1 heterocycles. The summed E-state index contributed by atoms with van der Waals surface area (Å²) in [5.74, 6) is -1.94. The lowest BCUT2D eigenvalue weighted by Gasteiger charge is -2.15. The lowest BCUT2D eigenvalue weighted by atomic mass is 10.1. The molecular weight excluding hydrogens is 374 g/mol. The summed E-state index contributed by atoms with van der Waals surface area (Å²) in [6, 6.07) is 10.6. The molecule has 0 aliphatic rings. The minimum Gasteiger partial charge on any atom is -0.489 e. The molecule has 3 aromatic rings. The van der Waals surface area contributed by atoms with Crippen LogP contribution >= 0.6 is 11.8 Å². The topological polar surface area (TPSA) is 61.9 Å². The Morgan fingerprint density at radius 1 is 1.19 bits per heavy atom. The summed E-state index contributed by atoms with van der Waals surface area (Å²) in [6.45, 7) is 3.86. The van der Waals surface area contributed by atoms with Crippen molar-refractivity contribution < 1.29 is 13.5 Å². The third-order valence-electron chi connectivity index (χ3n) is 3.99. The number of hydrogen-bond acceptors (Lipinski definition) is 5. The highest BCUT2D eigenvalue weighted by molar-refractivity contribution is 7.99. The van der Waals surface area contributed by atoms with E-state index in [0.29, 0.717) is 33.7 Å². The molecule has 0 aliphatic carbocycles. The fraction of sp³-hybridized carbons (Fsp3) is 0.278. The highest BCUT2D eigenvalue weighted by Crippen LogP contribution is 2.32. The summed E-state index contributed by atoms with van der Waals surface area (Å²) in [5, 5.41) is 7.51. The Labute approximate surface area is 158 Å². The first-order valence-electron chi connectivity index (χ1n) is 8.13. The molecule has 0 bridgehead atoms. The van der Waals surface area contributed by atoms with Gasteiger partial charge in [-0.05, 0) is 53.6 Å². The number of thioether (sulfide) groups is 1. The molecule has 0 fully saturated rings. The molecule has 0 spiro atoms. The van der Waals surface area contributed by atoms with Gasteiger partial charge in [-0.1, -0.05) is 30.0 Å². The van der Waals surface area contributed by atoms with Crippen molar-refractivity contribution in [1.82, 2.24) is 19.8 Å². The van der Waals surface area contributed by atoms with E-state index in [2.05, 4.69) is 10.4 Å². The van der Waals surface area contributed by atoms with Gasteiger partial charge in [0.25, 0.3) is 5.76 Å². The second kappa shape index (κ2) is 7.91. The number of aryl methyl sites for hydroxylation is 3. The van der Waals surface area contributed by atoms with Crippen LogP contribution in [0.15, 0.2) is 46.1 Å². The number of alkyl halides is 2. The van der Waals surface area contributed by atoms with Gasteiger partial charge in [0.2, 0.25) is 0 Å². The molecule has 0 N–H and O–H groups in total. The lowest BCUT2D eigenvalue weighted by Crippen LogP contribution is -2.23. The molecule has 3 rings (SSSR count). The Morgan fingerprint density at radius 2 is 1.96 bits per heavy atom. The van der Waals surface area contributed by atoms with E-state index in [1.54, 1.807) is 18.2 Å². The van der Waals surface area contributed by atoms with Gasteiger partial charge in [-0.3, -0.25) is 0 Å². The maximum Gasteiger partial charge on any atom is 0.368 e. The zero-order valence-corrected chi connectivity index (χ0v) is 15.8. The maximum atomic E-state index is 13.0. The normalized spacial score (nSPS) is 11.2. The highest BCUT2D eigenvalue weighted by atomic mass is 32.2. The van der Waals surface area contributed by atoms with Crippen molar-refractivity contribution in [2.75, 3.05) is 0 Å². The predicted molar refractivity (Wildman–Crippen MR) is 98.7 cm³/mol. The van der Waals surface area contributed by atoms with Crippen LogP contribution in [0.5, 0.6) is 5.75 Å². The van der Waals surface area contributed by atoms with Crippen molar-refractivity contribution in [3.05, 3.63) is 63.6 Å². The molecule has 0 aliphatic heterocycles. The van der Waals surface area contributed by atoms with E-state index in [0.717, 1.165) is 20.5 Å². The van der Waals surface area contributed by atoms with Crippen molar-refractivity contribution in [2.24, 2.45) is 7.05 Å². The number of aromatic nitrogens is 4. The van der Waals surface area contributed by atoms with Crippen molar-refractivity contribution in [2.45, 2.75) is 31.1 Å². The number of ether oxygens (including phenoxy) is 1. The molecule has 0 saturated heterocycles. The molecule has 0 atom stereocenters. The Bertz CT molecular complexity index is 1020. The summed E-state index contributed by atoms with van der Waals surface area (Å²) in [5.41, 5.74) is 2.30. The Kier molecular flexibility index (Phi) is 5.59. The molecule has 0 saturated carbocycles. The zero-order valence-electron chi connectivity index (χ0n) is 15.0. The van der Waals surface area contributed by atoms with Gasteiger partial charge < -0.3 is 4.74 Å². The molecule has 9 heteroatoms. The van der Waals surface area contributed by atoms with Gasteiger partial charge in [-0.15, -0.1) is 0 Å². The minimum absolute atomic E-state index is 0.0124. The summed E-state index contributed by atoms with van der Waals surface area (Å²) < 4.78 is 34.1. The molecule has 0 amide bonds. The van der Waals surface area contributed by atoms with Crippen molar-refractivity contribution in [1.29, 1.82) is 0 Å². The number of nitrogens with zero attached hydrogens (tertiary/aromatic N) is 4. The van der Waals surface area contributed by atoms with Gasteiger partial charge in [-0.25, -0.2) is 4.79 Å². The summed E-state index contributed by atoms with van der Waals surface area (Å²) >= 11 is 0.405. The first-order valence-corrected chi connectivity index (χ1v) is 9.01. The zero-order chi connectivity index (χ0) is 19.6. The average Bonchev–Trinajstić information content (AvgIpc) is 2.95. The Morgan fingerprint density at radius 3 is 2.63 bits per heavy atom. The minimum atomic E-state index is -2.60. The Hall–Kier alpha value is -2.68. The molecule has 27 heavy (non-hydrogen) atoms. The van der Waals surface area contributed by atoms with Crippen molar-refractivity contribution in [3.8, 4) is 11.4 Å². The number of rotatable bonds is 6. The Balaban J connectivity index is 2.04. The van der Waals surface area contributed by atoms with Gasteiger partial charge in [0.05, 0.1) is 5.69 Å². The molecule has 0 unspecified atom stereocenters. The number of hydrogen-bond donors (Lipinski definition) is 0. The summed E-state index contributed by atoms with van der Waals surface area (Å²) in [6.07, 6.45) is 0. The molecule has 2 aromatic carbocycles. The van der Waals surface area contributed by atoms with Crippen LogP contribution in [0, 0.1) is 13.8 Å². The van der Waals surface area contributed by atoms with Crippen molar-refractivity contribution in [3.63, 3.8) is 0 Å². The smallest absolute Gasteiger partial charge is 0.368 e. The number of benzene rings is 2. The monoisotopic (exact) mass is 392 g/mol. The first kappa shape index (κ1) is 19.1. The molecule has 6 nitrogen and oxygen atoms in total. The second-order valence-corrected chi connectivity index (χ2v) is 7.02. The van der Waals surface area contributed by atoms with Gasteiger partial charge in [0.15, 0.2) is 0 Å². The predicted octanol–water partition coefficient (Wildman–Crippen LogP) is 3.48. The third kappa shape index (κ3) is 4.19. The molecule has 0 radical (unpaired) electrons. The van der Waals surface area contributed by atoms with E-state index in [1.807, 2.05) is 32.0 Å². The summed E-state index contributed by atoms with van der Waals surface area (Å²) in [4.78, 5) is 12.6. The quantitative estimate of drug-likeness (QED) is 0.601. The van der Waals surface area contributed by atoms with E-state index in [4.69, 9.17) is 4.74 Å². The number of tetrazole rings is 1.